The molecule has 0 rings (SSSR count). The predicted octanol–water partition coefficient (Wildman–Crippen LogP) is 8.20. The highest BCUT2D eigenvalue weighted by molar-refractivity contribution is 8.18. The summed E-state index contributed by atoms with van der Waals surface area (Å²) < 4.78 is 0.786. The molecular weight excluding hydrogens is 368 g/mol. The van der Waals surface area contributed by atoms with E-state index in [1.165, 1.54) is 74.4 Å². The maximum atomic E-state index is 2.50. The lowest BCUT2D eigenvalue weighted by atomic mass is 10.3. The molecule has 0 nitrogen and oxygen atoms in total. The second kappa shape index (κ2) is 19.2. The fraction of sp³-hybridized carbons (Fsp3) is 1.00. The van der Waals surface area contributed by atoms with Crippen LogP contribution < -0.4 is 0 Å². The zero-order valence-electron chi connectivity index (χ0n) is 16.9. The van der Waals surface area contributed by atoms with Crippen molar-refractivity contribution in [1.29, 1.82) is 0 Å². The molecule has 0 aromatic heterocycles. The Kier molecular flexibility index (Phi) is 20.3. The molecule has 146 valence electrons. The average Bonchev–Trinajstić information content (AvgIpc) is 2.58. The standard InChI is InChI=1S/C20H42S4/c1-6-10-14-21-18(5)19(22-15-11-7-2)20(23-16-12-8-3)24-17-13-9-4/h18-20H,6-17H2,1-5H3. The number of unbranched alkanes of at least 4 members (excludes halogenated alkanes) is 4. The van der Waals surface area contributed by atoms with E-state index in [4.69, 9.17) is 0 Å². The van der Waals surface area contributed by atoms with Crippen molar-refractivity contribution in [2.45, 2.75) is 101 Å². The minimum absolute atomic E-state index is 0.784. The summed E-state index contributed by atoms with van der Waals surface area (Å²) in [7, 11) is 0. The van der Waals surface area contributed by atoms with Crippen LogP contribution in [0.5, 0.6) is 0 Å². The van der Waals surface area contributed by atoms with Crippen LogP contribution in [0, 0.1) is 0 Å². The van der Waals surface area contributed by atoms with Gasteiger partial charge in [0.1, 0.15) is 0 Å². The van der Waals surface area contributed by atoms with E-state index < -0.39 is 0 Å². The second-order valence-corrected chi connectivity index (χ2v) is 12.0. The van der Waals surface area contributed by atoms with Gasteiger partial charge in [0.05, 0.1) is 4.58 Å². The van der Waals surface area contributed by atoms with E-state index in [1.54, 1.807) is 0 Å². The minimum Gasteiger partial charge on any atom is -0.158 e. The SMILES string of the molecule is CCCCSC(C)C(SCCCC)C(SCCCC)SCCCC. The Hall–Kier alpha value is 1.40. The normalized spacial score (nSPS) is 14.2. The van der Waals surface area contributed by atoms with Crippen molar-refractivity contribution >= 4 is 47.0 Å². The second-order valence-electron chi connectivity index (χ2n) is 6.44. The van der Waals surface area contributed by atoms with E-state index >= 15 is 0 Å². The maximum Gasteiger partial charge on any atom is 0.0631 e. The van der Waals surface area contributed by atoms with Gasteiger partial charge in [0, 0.05) is 10.5 Å². The van der Waals surface area contributed by atoms with Gasteiger partial charge in [-0.2, -0.15) is 23.5 Å². The van der Waals surface area contributed by atoms with Gasteiger partial charge in [0.25, 0.3) is 0 Å². The van der Waals surface area contributed by atoms with Gasteiger partial charge >= 0.3 is 0 Å². The van der Waals surface area contributed by atoms with Crippen LogP contribution in [0.25, 0.3) is 0 Å². The first-order valence-corrected chi connectivity index (χ1v) is 14.4. The first-order valence-electron chi connectivity index (χ1n) is 10.2. The molecular formula is C20H42S4. The molecule has 0 saturated carbocycles. The molecule has 0 amide bonds. The monoisotopic (exact) mass is 410 g/mol. The van der Waals surface area contributed by atoms with E-state index in [2.05, 4.69) is 81.7 Å². The summed E-state index contributed by atoms with van der Waals surface area (Å²) in [4.78, 5) is 0. The molecule has 0 aliphatic carbocycles. The molecule has 0 aromatic carbocycles. The Morgan fingerprint density at radius 2 is 0.917 bits per heavy atom. The summed E-state index contributed by atoms with van der Waals surface area (Å²) in [5.41, 5.74) is 0. The van der Waals surface area contributed by atoms with Crippen molar-refractivity contribution in [3.63, 3.8) is 0 Å². The molecule has 0 bridgehead atoms. The molecule has 0 heterocycles. The Bertz CT molecular complexity index is 238. The third-order valence-corrected chi connectivity index (χ3v) is 10.5. The molecule has 4 heteroatoms. The Morgan fingerprint density at radius 3 is 1.33 bits per heavy atom. The number of thioether (sulfide) groups is 4. The highest BCUT2D eigenvalue weighted by Crippen LogP contribution is 2.40. The summed E-state index contributed by atoms with van der Waals surface area (Å²) in [6, 6.07) is 0. The molecule has 0 aliphatic rings. The lowest BCUT2D eigenvalue weighted by Crippen LogP contribution is -2.28. The zero-order valence-corrected chi connectivity index (χ0v) is 20.1. The molecule has 0 aliphatic heterocycles. The first kappa shape index (κ1) is 25.4. The van der Waals surface area contributed by atoms with Crippen molar-refractivity contribution in [2.24, 2.45) is 0 Å². The topological polar surface area (TPSA) is 0 Å². The smallest absolute Gasteiger partial charge is 0.0631 e. The van der Waals surface area contributed by atoms with Gasteiger partial charge in [-0.1, -0.05) is 60.3 Å². The maximum absolute atomic E-state index is 2.50. The van der Waals surface area contributed by atoms with Gasteiger partial charge in [-0.05, 0) is 48.7 Å². The van der Waals surface area contributed by atoms with Crippen LogP contribution in [0.3, 0.4) is 0 Å². The van der Waals surface area contributed by atoms with E-state index in [9.17, 15) is 0 Å². The van der Waals surface area contributed by atoms with E-state index in [-0.39, 0.29) is 0 Å². The number of hydrogen-bond acceptors (Lipinski definition) is 4. The Labute approximate surface area is 170 Å². The molecule has 0 aromatic rings. The van der Waals surface area contributed by atoms with Gasteiger partial charge in [0.15, 0.2) is 0 Å². The fourth-order valence-electron chi connectivity index (χ4n) is 2.23. The van der Waals surface area contributed by atoms with E-state index in [0.29, 0.717) is 0 Å². The van der Waals surface area contributed by atoms with Gasteiger partial charge in [-0.15, -0.1) is 23.5 Å². The average molecular weight is 411 g/mol. The third kappa shape index (κ3) is 13.6. The van der Waals surface area contributed by atoms with E-state index in [0.717, 1.165) is 15.1 Å². The number of rotatable bonds is 18. The highest BCUT2D eigenvalue weighted by Gasteiger charge is 2.28. The molecule has 0 fully saturated rings. The third-order valence-electron chi connectivity index (χ3n) is 3.98. The van der Waals surface area contributed by atoms with E-state index in [1.807, 2.05) is 0 Å². The van der Waals surface area contributed by atoms with Gasteiger partial charge in [-0.3, -0.25) is 0 Å². The lowest BCUT2D eigenvalue weighted by molar-refractivity contribution is 0.856. The van der Waals surface area contributed by atoms with Crippen LogP contribution in [-0.4, -0.2) is 38.1 Å². The quantitative estimate of drug-likeness (QED) is 0.165. The van der Waals surface area contributed by atoms with Crippen molar-refractivity contribution in [1.82, 2.24) is 0 Å². The van der Waals surface area contributed by atoms with Crippen LogP contribution in [0.2, 0.25) is 0 Å². The van der Waals surface area contributed by atoms with Crippen molar-refractivity contribution in [3.8, 4) is 0 Å². The Balaban J connectivity index is 4.70. The summed E-state index contributed by atoms with van der Waals surface area (Å²) >= 11 is 9.02. The van der Waals surface area contributed by atoms with Crippen LogP contribution in [0.4, 0.5) is 0 Å². The van der Waals surface area contributed by atoms with Crippen molar-refractivity contribution in [2.75, 3.05) is 23.0 Å². The van der Waals surface area contributed by atoms with Crippen LogP contribution in [0.1, 0.15) is 86.0 Å². The van der Waals surface area contributed by atoms with Crippen molar-refractivity contribution < 1.29 is 0 Å². The minimum atomic E-state index is 0.784. The molecule has 2 unspecified atom stereocenters. The summed E-state index contributed by atoms with van der Waals surface area (Å²) in [5, 5.41) is 1.59. The molecule has 0 saturated heterocycles. The molecule has 0 radical (unpaired) electrons. The first-order chi connectivity index (χ1) is 11.7. The predicted molar refractivity (Wildman–Crippen MR) is 127 cm³/mol. The van der Waals surface area contributed by atoms with Gasteiger partial charge < -0.3 is 0 Å². The molecule has 0 N–H and O–H groups in total. The van der Waals surface area contributed by atoms with Gasteiger partial charge in [-0.25, -0.2) is 0 Å². The largest absolute Gasteiger partial charge is 0.158 e. The van der Waals surface area contributed by atoms with Crippen molar-refractivity contribution in [3.05, 3.63) is 0 Å². The Morgan fingerprint density at radius 1 is 0.542 bits per heavy atom. The van der Waals surface area contributed by atoms with Crippen LogP contribution in [0.15, 0.2) is 0 Å². The lowest BCUT2D eigenvalue weighted by Gasteiger charge is -2.31. The summed E-state index contributed by atoms with van der Waals surface area (Å²) in [6.45, 7) is 11.8. The molecule has 24 heavy (non-hydrogen) atoms. The van der Waals surface area contributed by atoms with Crippen LogP contribution >= 0.6 is 47.0 Å². The molecule has 0 spiro atoms. The zero-order chi connectivity index (χ0) is 18.0. The molecule has 2 atom stereocenters. The summed E-state index contributed by atoms with van der Waals surface area (Å²) in [6.07, 6.45) is 10.8. The highest BCUT2D eigenvalue weighted by atomic mass is 32.2. The fourth-order valence-corrected chi connectivity index (χ4v) is 9.36. The summed E-state index contributed by atoms with van der Waals surface area (Å²) in [5.74, 6) is 5.38. The number of hydrogen-bond donors (Lipinski definition) is 0. The van der Waals surface area contributed by atoms with Crippen LogP contribution in [-0.2, 0) is 0 Å². The van der Waals surface area contributed by atoms with Gasteiger partial charge in [0.2, 0.25) is 0 Å².